The summed E-state index contributed by atoms with van der Waals surface area (Å²) < 4.78 is 4.79. The number of benzene rings is 2. The van der Waals surface area contributed by atoms with E-state index in [1.807, 2.05) is 43.7 Å². The molecule has 1 atom stereocenters. The van der Waals surface area contributed by atoms with Gasteiger partial charge in [0, 0.05) is 17.1 Å². The molecule has 1 aliphatic heterocycles. The Kier molecular flexibility index (Phi) is 5.97. The summed E-state index contributed by atoms with van der Waals surface area (Å²) in [7, 11) is 5.40. The highest BCUT2D eigenvalue weighted by atomic mass is 32.1. The van der Waals surface area contributed by atoms with Crippen LogP contribution in [0.3, 0.4) is 0 Å². The number of aliphatic imine (C=N–C) groups is 1. The van der Waals surface area contributed by atoms with E-state index in [1.54, 1.807) is 29.5 Å². The summed E-state index contributed by atoms with van der Waals surface area (Å²) in [5, 5.41) is 4.87. The summed E-state index contributed by atoms with van der Waals surface area (Å²) in [6.45, 7) is 0.850. The monoisotopic (exact) mass is 433 g/mol. The second kappa shape index (κ2) is 8.83. The van der Waals surface area contributed by atoms with Gasteiger partial charge >= 0.3 is 5.97 Å². The van der Waals surface area contributed by atoms with E-state index in [1.165, 1.54) is 12.7 Å². The number of nitrogens with one attached hydrogen (secondary N) is 1. The number of esters is 1. The SMILES string of the molecule is COC(=O)c1ccc2c(c1)NC(=O)C2C(=Nc1ccc(CN(C)C)cc1)c1cccs1. The molecule has 0 aliphatic carbocycles. The fraction of sp³-hybridized carbons (Fsp3) is 0.208. The van der Waals surface area contributed by atoms with Gasteiger partial charge in [0.15, 0.2) is 0 Å². The Bertz CT molecular complexity index is 1140. The molecule has 1 N–H and O–H groups in total. The fourth-order valence-corrected chi connectivity index (χ4v) is 4.39. The molecule has 4 rings (SSSR count). The minimum Gasteiger partial charge on any atom is -0.465 e. The van der Waals surface area contributed by atoms with Gasteiger partial charge in [-0.3, -0.25) is 9.79 Å². The van der Waals surface area contributed by atoms with Crippen molar-refractivity contribution in [3.05, 3.63) is 81.5 Å². The molecule has 6 nitrogen and oxygen atoms in total. The normalized spacial score (nSPS) is 15.7. The second-order valence-electron chi connectivity index (χ2n) is 7.59. The molecule has 158 valence electrons. The highest BCUT2D eigenvalue weighted by Crippen LogP contribution is 2.37. The summed E-state index contributed by atoms with van der Waals surface area (Å²) >= 11 is 1.55. The van der Waals surface area contributed by atoms with Gasteiger partial charge in [-0.2, -0.15) is 0 Å². The molecule has 1 aliphatic rings. The molecule has 1 amide bonds. The Hall–Kier alpha value is -3.29. The van der Waals surface area contributed by atoms with Crippen molar-refractivity contribution in [3.63, 3.8) is 0 Å². The number of methoxy groups -OCH3 is 1. The summed E-state index contributed by atoms with van der Waals surface area (Å²) in [5.41, 5.74) is 4.49. The molecular weight excluding hydrogens is 410 g/mol. The largest absolute Gasteiger partial charge is 0.465 e. The van der Waals surface area contributed by atoms with Gasteiger partial charge in [0.05, 0.1) is 24.1 Å². The molecule has 0 saturated carbocycles. The van der Waals surface area contributed by atoms with E-state index in [9.17, 15) is 9.59 Å². The third-order valence-electron chi connectivity index (χ3n) is 5.04. The van der Waals surface area contributed by atoms with Crippen molar-refractivity contribution in [2.75, 3.05) is 26.5 Å². The van der Waals surface area contributed by atoms with Gasteiger partial charge in [0.2, 0.25) is 5.91 Å². The van der Waals surface area contributed by atoms with Crippen LogP contribution < -0.4 is 5.32 Å². The molecule has 0 fully saturated rings. The Morgan fingerprint density at radius 3 is 2.58 bits per heavy atom. The molecule has 3 aromatic rings. The number of anilines is 1. The van der Waals surface area contributed by atoms with Gasteiger partial charge in [0.1, 0.15) is 5.92 Å². The maximum atomic E-state index is 13.0. The zero-order chi connectivity index (χ0) is 22.0. The van der Waals surface area contributed by atoms with Crippen LogP contribution in [0, 0.1) is 0 Å². The van der Waals surface area contributed by atoms with Gasteiger partial charge in [-0.15, -0.1) is 11.3 Å². The third kappa shape index (κ3) is 4.42. The fourth-order valence-electron chi connectivity index (χ4n) is 3.65. The van der Waals surface area contributed by atoms with E-state index < -0.39 is 11.9 Å². The van der Waals surface area contributed by atoms with Crippen LogP contribution in [0.1, 0.15) is 32.3 Å². The highest BCUT2D eigenvalue weighted by Gasteiger charge is 2.36. The van der Waals surface area contributed by atoms with Crippen LogP contribution in [-0.4, -0.2) is 43.7 Å². The van der Waals surface area contributed by atoms with E-state index in [-0.39, 0.29) is 5.91 Å². The molecule has 0 radical (unpaired) electrons. The van der Waals surface area contributed by atoms with Crippen LogP contribution in [0.15, 0.2) is 65.0 Å². The second-order valence-corrected chi connectivity index (χ2v) is 8.54. The lowest BCUT2D eigenvalue weighted by molar-refractivity contribution is -0.115. The topological polar surface area (TPSA) is 71.0 Å². The van der Waals surface area contributed by atoms with E-state index in [2.05, 4.69) is 22.3 Å². The van der Waals surface area contributed by atoms with Crippen molar-refractivity contribution in [1.82, 2.24) is 4.90 Å². The summed E-state index contributed by atoms with van der Waals surface area (Å²) in [4.78, 5) is 32.8. The van der Waals surface area contributed by atoms with Crippen LogP contribution in [0.2, 0.25) is 0 Å². The first-order chi connectivity index (χ1) is 15.0. The Labute approximate surface area is 185 Å². The zero-order valence-electron chi connectivity index (χ0n) is 17.6. The van der Waals surface area contributed by atoms with Crippen molar-refractivity contribution in [3.8, 4) is 0 Å². The molecule has 1 unspecified atom stereocenters. The molecule has 2 heterocycles. The van der Waals surface area contributed by atoms with Gasteiger partial charge < -0.3 is 15.0 Å². The summed E-state index contributed by atoms with van der Waals surface area (Å²) in [6, 6.07) is 17.1. The first-order valence-corrected chi connectivity index (χ1v) is 10.7. The highest BCUT2D eigenvalue weighted by molar-refractivity contribution is 7.12. The lowest BCUT2D eigenvalue weighted by Gasteiger charge is -2.13. The van der Waals surface area contributed by atoms with Crippen LogP contribution in [-0.2, 0) is 16.1 Å². The molecule has 0 bridgehead atoms. The van der Waals surface area contributed by atoms with Crippen LogP contribution in [0.4, 0.5) is 11.4 Å². The lowest BCUT2D eigenvalue weighted by Crippen LogP contribution is -2.21. The number of nitrogens with zero attached hydrogens (tertiary/aromatic N) is 2. The van der Waals surface area contributed by atoms with Crippen molar-refractivity contribution in [2.45, 2.75) is 12.5 Å². The summed E-state index contributed by atoms with van der Waals surface area (Å²) in [5.74, 6) is -1.15. The predicted molar refractivity (Wildman–Crippen MR) is 124 cm³/mol. The Balaban J connectivity index is 1.74. The molecule has 2 aromatic carbocycles. The number of hydrogen-bond acceptors (Lipinski definition) is 6. The lowest BCUT2D eigenvalue weighted by atomic mass is 9.93. The number of fused-ring (bicyclic) bond motifs is 1. The number of carbonyl (C=O) groups excluding carboxylic acids is 2. The number of carbonyl (C=O) groups is 2. The average Bonchev–Trinajstić information content (AvgIpc) is 3.39. The standard InChI is InChI=1S/C24H23N3O3S/c1-27(2)14-15-6-9-17(10-7-15)25-22(20-5-4-12-31-20)21-18-11-8-16(24(29)30-3)13-19(18)26-23(21)28/h4-13,21H,14H2,1-3H3,(H,26,28). The predicted octanol–water partition coefficient (Wildman–Crippen LogP) is 4.45. The smallest absolute Gasteiger partial charge is 0.337 e. The number of amides is 1. The van der Waals surface area contributed by atoms with Gasteiger partial charge in [-0.25, -0.2) is 4.79 Å². The number of rotatable bonds is 6. The minimum absolute atomic E-state index is 0.159. The number of ether oxygens (including phenoxy) is 1. The maximum Gasteiger partial charge on any atom is 0.337 e. The first kappa shape index (κ1) is 21.0. The molecule has 0 spiro atoms. The molecular formula is C24H23N3O3S. The average molecular weight is 434 g/mol. The van der Waals surface area contributed by atoms with Crippen molar-refractivity contribution < 1.29 is 14.3 Å². The van der Waals surface area contributed by atoms with Gasteiger partial charge in [-0.05, 0) is 60.9 Å². The first-order valence-electron chi connectivity index (χ1n) is 9.85. The molecule has 0 saturated heterocycles. The van der Waals surface area contributed by atoms with E-state index in [4.69, 9.17) is 9.73 Å². The molecule has 1 aromatic heterocycles. The molecule has 7 heteroatoms. The van der Waals surface area contributed by atoms with Crippen molar-refractivity contribution in [1.29, 1.82) is 0 Å². The van der Waals surface area contributed by atoms with Crippen LogP contribution >= 0.6 is 11.3 Å². The van der Waals surface area contributed by atoms with E-state index in [0.717, 1.165) is 22.7 Å². The quantitative estimate of drug-likeness (QED) is 0.460. The number of thiophene rings is 1. The van der Waals surface area contributed by atoms with Crippen LogP contribution in [0.25, 0.3) is 0 Å². The minimum atomic E-state index is -0.554. The summed E-state index contributed by atoms with van der Waals surface area (Å²) in [6.07, 6.45) is 0. The Morgan fingerprint density at radius 2 is 1.94 bits per heavy atom. The van der Waals surface area contributed by atoms with E-state index in [0.29, 0.717) is 17.0 Å². The third-order valence-corrected chi connectivity index (χ3v) is 5.93. The zero-order valence-corrected chi connectivity index (χ0v) is 18.4. The molecule has 31 heavy (non-hydrogen) atoms. The Morgan fingerprint density at radius 1 is 1.16 bits per heavy atom. The van der Waals surface area contributed by atoms with Crippen molar-refractivity contribution >= 4 is 40.3 Å². The van der Waals surface area contributed by atoms with Gasteiger partial charge in [0.25, 0.3) is 0 Å². The maximum absolute atomic E-state index is 13.0. The van der Waals surface area contributed by atoms with Crippen LogP contribution in [0.5, 0.6) is 0 Å². The van der Waals surface area contributed by atoms with Crippen molar-refractivity contribution in [2.24, 2.45) is 4.99 Å². The van der Waals surface area contributed by atoms with Gasteiger partial charge in [-0.1, -0.05) is 24.3 Å². The van der Waals surface area contributed by atoms with E-state index >= 15 is 0 Å². The number of hydrogen-bond donors (Lipinski definition) is 1.